The second-order valence-corrected chi connectivity index (χ2v) is 5.10. The average molecular weight is 217 g/mol. The second-order valence-electron chi connectivity index (χ2n) is 5.10. The van der Waals surface area contributed by atoms with Gasteiger partial charge >= 0.3 is 0 Å². The Hall–Kier alpha value is -1.02. The quantitative estimate of drug-likeness (QED) is 0.780. The Morgan fingerprint density at radius 1 is 1.31 bits per heavy atom. The molecule has 1 N–H and O–H groups in total. The first-order chi connectivity index (χ1) is 7.86. The Balaban J connectivity index is 1.96. The summed E-state index contributed by atoms with van der Waals surface area (Å²) >= 11 is 0. The normalized spacial score (nSPS) is 33.2. The van der Waals surface area contributed by atoms with Crippen LogP contribution in [0.25, 0.3) is 0 Å². The molecule has 0 aliphatic carbocycles. The lowest BCUT2D eigenvalue weighted by molar-refractivity contribution is 0.178. The SMILES string of the molecule is CC1COc2ccccc2C1C1CCNC1. The van der Waals surface area contributed by atoms with Crippen molar-refractivity contribution in [2.75, 3.05) is 19.7 Å². The molecule has 16 heavy (non-hydrogen) atoms. The maximum atomic E-state index is 5.81. The molecule has 0 saturated carbocycles. The van der Waals surface area contributed by atoms with Crippen molar-refractivity contribution >= 4 is 0 Å². The molecule has 3 unspecified atom stereocenters. The number of hydrogen-bond acceptors (Lipinski definition) is 2. The van der Waals surface area contributed by atoms with Crippen LogP contribution in [0.5, 0.6) is 5.75 Å². The topological polar surface area (TPSA) is 21.3 Å². The maximum absolute atomic E-state index is 5.81. The van der Waals surface area contributed by atoms with Gasteiger partial charge in [-0.15, -0.1) is 0 Å². The first kappa shape index (κ1) is 10.2. The van der Waals surface area contributed by atoms with Gasteiger partial charge in [0, 0.05) is 0 Å². The van der Waals surface area contributed by atoms with Crippen LogP contribution < -0.4 is 10.1 Å². The Kier molecular flexibility index (Phi) is 2.60. The van der Waals surface area contributed by atoms with Crippen LogP contribution in [0.3, 0.4) is 0 Å². The van der Waals surface area contributed by atoms with Crippen LogP contribution in [0.4, 0.5) is 0 Å². The van der Waals surface area contributed by atoms with Crippen LogP contribution in [0.1, 0.15) is 24.8 Å². The Morgan fingerprint density at radius 3 is 3.00 bits per heavy atom. The molecule has 1 saturated heterocycles. The molecule has 1 fully saturated rings. The van der Waals surface area contributed by atoms with Crippen LogP contribution >= 0.6 is 0 Å². The number of benzene rings is 1. The minimum Gasteiger partial charge on any atom is -0.493 e. The van der Waals surface area contributed by atoms with E-state index in [1.165, 1.54) is 25.1 Å². The van der Waals surface area contributed by atoms with E-state index < -0.39 is 0 Å². The predicted molar refractivity (Wildman–Crippen MR) is 64.8 cm³/mol. The molecular weight excluding hydrogens is 198 g/mol. The Morgan fingerprint density at radius 2 is 2.19 bits per heavy atom. The van der Waals surface area contributed by atoms with E-state index in [0.717, 1.165) is 18.3 Å². The molecule has 3 atom stereocenters. The molecule has 2 heterocycles. The molecular formula is C14H19NO. The van der Waals surface area contributed by atoms with Crippen LogP contribution in [0, 0.1) is 11.8 Å². The number of rotatable bonds is 1. The van der Waals surface area contributed by atoms with Gasteiger partial charge < -0.3 is 10.1 Å². The monoisotopic (exact) mass is 217 g/mol. The van der Waals surface area contributed by atoms with Crippen LogP contribution in [-0.4, -0.2) is 19.7 Å². The van der Waals surface area contributed by atoms with Gasteiger partial charge in [-0.05, 0) is 48.9 Å². The first-order valence-electron chi connectivity index (χ1n) is 6.28. The average Bonchev–Trinajstić information content (AvgIpc) is 2.82. The van der Waals surface area contributed by atoms with E-state index in [1.807, 2.05) is 0 Å². The number of hydrogen-bond donors (Lipinski definition) is 1. The third-order valence-electron chi connectivity index (χ3n) is 4.00. The van der Waals surface area contributed by atoms with E-state index in [4.69, 9.17) is 4.74 Å². The third-order valence-corrected chi connectivity index (χ3v) is 4.00. The number of ether oxygens (including phenoxy) is 1. The van der Waals surface area contributed by atoms with Gasteiger partial charge in [-0.2, -0.15) is 0 Å². The van der Waals surface area contributed by atoms with Crippen molar-refractivity contribution in [3.05, 3.63) is 29.8 Å². The summed E-state index contributed by atoms with van der Waals surface area (Å²) < 4.78 is 5.81. The molecule has 86 valence electrons. The molecule has 2 aliphatic heterocycles. The zero-order chi connectivity index (χ0) is 11.0. The first-order valence-corrected chi connectivity index (χ1v) is 6.28. The largest absolute Gasteiger partial charge is 0.493 e. The van der Waals surface area contributed by atoms with Crippen LogP contribution in [-0.2, 0) is 0 Å². The van der Waals surface area contributed by atoms with Gasteiger partial charge in [-0.1, -0.05) is 25.1 Å². The zero-order valence-corrected chi connectivity index (χ0v) is 9.78. The van der Waals surface area contributed by atoms with Gasteiger partial charge in [-0.3, -0.25) is 0 Å². The fraction of sp³-hybridized carbons (Fsp3) is 0.571. The van der Waals surface area contributed by atoms with Crippen molar-refractivity contribution in [2.24, 2.45) is 11.8 Å². The molecule has 0 amide bonds. The number of fused-ring (bicyclic) bond motifs is 1. The smallest absolute Gasteiger partial charge is 0.122 e. The third kappa shape index (κ3) is 1.61. The molecule has 2 heteroatoms. The summed E-state index contributed by atoms with van der Waals surface area (Å²) in [4.78, 5) is 0. The zero-order valence-electron chi connectivity index (χ0n) is 9.78. The molecule has 2 nitrogen and oxygen atoms in total. The summed E-state index contributed by atoms with van der Waals surface area (Å²) in [7, 11) is 0. The molecule has 0 aromatic heterocycles. The minimum absolute atomic E-state index is 0.639. The predicted octanol–water partition coefficient (Wildman–Crippen LogP) is 2.41. The van der Waals surface area contributed by atoms with E-state index in [9.17, 15) is 0 Å². The molecule has 1 aromatic rings. The lowest BCUT2D eigenvalue weighted by Gasteiger charge is -2.35. The van der Waals surface area contributed by atoms with Crippen LogP contribution in [0.15, 0.2) is 24.3 Å². The highest BCUT2D eigenvalue weighted by atomic mass is 16.5. The van der Waals surface area contributed by atoms with Crippen LogP contribution in [0.2, 0.25) is 0 Å². The van der Waals surface area contributed by atoms with E-state index in [1.54, 1.807) is 0 Å². The van der Waals surface area contributed by atoms with E-state index in [2.05, 4.69) is 36.5 Å². The van der Waals surface area contributed by atoms with Gasteiger partial charge in [0.1, 0.15) is 5.75 Å². The molecule has 1 aromatic carbocycles. The van der Waals surface area contributed by atoms with E-state index in [-0.39, 0.29) is 0 Å². The fourth-order valence-electron chi connectivity index (χ4n) is 3.22. The molecule has 0 bridgehead atoms. The van der Waals surface area contributed by atoms with Crippen molar-refractivity contribution in [3.8, 4) is 5.75 Å². The summed E-state index contributed by atoms with van der Waals surface area (Å²) in [6, 6.07) is 8.55. The van der Waals surface area contributed by atoms with Gasteiger partial charge in [0.2, 0.25) is 0 Å². The van der Waals surface area contributed by atoms with Gasteiger partial charge in [0.05, 0.1) is 6.61 Å². The molecule has 0 spiro atoms. The second kappa shape index (κ2) is 4.10. The van der Waals surface area contributed by atoms with E-state index in [0.29, 0.717) is 11.8 Å². The Labute approximate surface area is 97.0 Å². The van der Waals surface area contributed by atoms with E-state index >= 15 is 0 Å². The maximum Gasteiger partial charge on any atom is 0.122 e. The minimum atomic E-state index is 0.639. The highest BCUT2D eigenvalue weighted by Gasteiger charge is 2.35. The van der Waals surface area contributed by atoms with Crippen molar-refractivity contribution in [1.82, 2.24) is 5.32 Å². The van der Waals surface area contributed by atoms with Gasteiger partial charge in [0.15, 0.2) is 0 Å². The summed E-state index contributed by atoms with van der Waals surface area (Å²) in [6.45, 7) is 5.54. The molecule has 2 aliphatic rings. The lowest BCUT2D eigenvalue weighted by Crippen LogP contribution is -2.30. The fourth-order valence-corrected chi connectivity index (χ4v) is 3.22. The molecule has 3 rings (SSSR count). The Bertz CT molecular complexity index is 371. The van der Waals surface area contributed by atoms with Crippen molar-refractivity contribution in [2.45, 2.75) is 19.3 Å². The summed E-state index contributed by atoms with van der Waals surface area (Å²) in [5, 5.41) is 3.48. The molecule has 0 radical (unpaired) electrons. The summed E-state index contributed by atoms with van der Waals surface area (Å²) in [5.41, 5.74) is 1.43. The van der Waals surface area contributed by atoms with Crippen molar-refractivity contribution in [1.29, 1.82) is 0 Å². The van der Waals surface area contributed by atoms with Crippen molar-refractivity contribution in [3.63, 3.8) is 0 Å². The lowest BCUT2D eigenvalue weighted by atomic mass is 9.76. The summed E-state index contributed by atoms with van der Waals surface area (Å²) in [5.74, 6) is 3.22. The van der Waals surface area contributed by atoms with Gasteiger partial charge in [0.25, 0.3) is 0 Å². The standard InChI is InChI=1S/C14H19NO/c1-10-9-16-13-5-3-2-4-12(13)14(10)11-6-7-15-8-11/h2-5,10-11,14-15H,6-9H2,1H3. The highest BCUT2D eigenvalue weighted by molar-refractivity contribution is 5.39. The van der Waals surface area contributed by atoms with Gasteiger partial charge in [-0.25, -0.2) is 0 Å². The summed E-state index contributed by atoms with van der Waals surface area (Å²) in [6.07, 6.45) is 1.31. The highest BCUT2D eigenvalue weighted by Crippen LogP contribution is 2.43. The number of para-hydroxylation sites is 1. The van der Waals surface area contributed by atoms with Crippen molar-refractivity contribution < 1.29 is 4.74 Å². The number of nitrogens with one attached hydrogen (secondary N) is 1.